The van der Waals surface area contributed by atoms with Crippen molar-refractivity contribution in [2.45, 2.75) is 36.5 Å². The van der Waals surface area contributed by atoms with Crippen LogP contribution in [-0.2, 0) is 12.2 Å². The molecular formula is C13H15FN2O2S. The molecule has 0 saturated heterocycles. The van der Waals surface area contributed by atoms with Gasteiger partial charge in [-0.2, -0.15) is 4.98 Å². The van der Waals surface area contributed by atoms with Gasteiger partial charge in [-0.05, 0) is 25.5 Å². The Kier molecular flexibility index (Phi) is 4.93. The van der Waals surface area contributed by atoms with Gasteiger partial charge in [-0.25, -0.2) is 4.39 Å². The number of aliphatic hydroxyl groups excluding tert-OH is 1. The molecule has 0 radical (unpaired) electrons. The molecule has 1 atom stereocenters. The number of aliphatic hydroxyl groups is 1. The lowest BCUT2D eigenvalue weighted by Crippen LogP contribution is -2.01. The highest BCUT2D eigenvalue weighted by Gasteiger charge is 2.09. The predicted octanol–water partition coefficient (Wildman–Crippen LogP) is 2.81. The Morgan fingerprint density at radius 2 is 2.21 bits per heavy atom. The smallest absolute Gasteiger partial charge is 0.226 e. The lowest BCUT2D eigenvalue weighted by Gasteiger charge is -1.99. The van der Waals surface area contributed by atoms with E-state index in [0.717, 1.165) is 0 Å². The molecular weight excluding hydrogens is 267 g/mol. The molecule has 102 valence electrons. The topological polar surface area (TPSA) is 59.2 Å². The lowest BCUT2D eigenvalue weighted by molar-refractivity contribution is 0.180. The Bertz CT molecular complexity index is 531. The number of nitrogens with zero attached hydrogens (tertiary/aromatic N) is 2. The summed E-state index contributed by atoms with van der Waals surface area (Å²) in [5.41, 5.74) is 0. The molecule has 1 unspecified atom stereocenters. The number of aryl methyl sites for hydroxylation is 1. The van der Waals surface area contributed by atoms with Gasteiger partial charge in [0.15, 0.2) is 5.82 Å². The van der Waals surface area contributed by atoms with Crippen LogP contribution < -0.4 is 0 Å². The van der Waals surface area contributed by atoms with Gasteiger partial charge in [0.2, 0.25) is 5.89 Å². The Labute approximate surface area is 115 Å². The molecule has 0 aliphatic rings. The van der Waals surface area contributed by atoms with E-state index in [9.17, 15) is 4.39 Å². The number of rotatable bonds is 6. The molecule has 0 aliphatic carbocycles. The van der Waals surface area contributed by atoms with E-state index in [2.05, 4.69) is 10.1 Å². The zero-order valence-corrected chi connectivity index (χ0v) is 11.4. The van der Waals surface area contributed by atoms with Gasteiger partial charge >= 0.3 is 0 Å². The lowest BCUT2D eigenvalue weighted by atomic mass is 10.2. The van der Waals surface area contributed by atoms with Crippen molar-refractivity contribution in [2.75, 3.05) is 0 Å². The third-order valence-corrected chi connectivity index (χ3v) is 3.52. The average Bonchev–Trinajstić information content (AvgIpc) is 2.83. The molecule has 19 heavy (non-hydrogen) atoms. The first-order valence-corrected chi connectivity index (χ1v) is 7.00. The minimum absolute atomic E-state index is 0.245. The first kappa shape index (κ1) is 14.0. The molecule has 1 N–H and O–H groups in total. The van der Waals surface area contributed by atoms with Crippen LogP contribution in [-0.4, -0.2) is 21.4 Å². The molecule has 2 rings (SSSR count). The number of aromatic nitrogens is 2. The van der Waals surface area contributed by atoms with Crippen LogP contribution in [0.1, 0.15) is 25.1 Å². The van der Waals surface area contributed by atoms with E-state index in [1.807, 2.05) is 0 Å². The summed E-state index contributed by atoms with van der Waals surface area (Å²) in [6.45, 7) is 1.71. The van der Waals surface area contributed by atoms with Crippen LogP contribution in [0.3, 0.4) is 0 Å². The largest absolute Gasteiger partial charge is 0.393 e. The average molecular weight is 282 g/mol. The molecule has 6 heteroatoms. The number of hydrogen-bond donors (Lipinski definition) is 1. The van der Waals surface area contributed by atoms with Gasteiger partial charge in [-0.3, -0.25) is 0 Å². The van der Waals surface area contributed by atoms with E-state index in [1.165, 1.54) is 17.8 Å². The van der Waals surface area contributed by atoms with Crippen LogP contribution in [0, 0.1) is 5.82 Å². The van der Waals surface area contributed by atoms with Crippen molar-refractivity contribution in [3.63, 3.8) is 0 Å². The number of benzene rings is 1. The Hall–Kier alpha value is -1.40. The summed E-state index contributed by atoms with van der Waals surface area (Å²) >= 11 is 1.33. The van der Waals surface area contributed by atoms with E-state index in [1.54, 1.807) is 25.1 Å². The number of hydrogen-bond acceptors (Lipinski definition) is 5. The summed E-state index contributed by atoms with van der Waals surface area (Å²) in [5.74, 6) is 1.25. The summed E-state index contributed by atoms with van der Waals surface area (Å²) in [6.07, 6.45) is 0.750. The van der Waals surface area contributed by atoms with Crippen LogP contribution in [0.15, 0.2) is 33.7 Å². The summed E-state index contributed by atoms with van der Waals surface area (Å²) in [4.78, 5) is 4.76. The van der Waals surface area contributed by atoms with Crippen molar-refractivity contribution in [1.29, 1.82) is 0 Å². The quantitative estimate of drug-likeness (QED) is 0.826. The summed E-state index contributed by atoms with van der Waals surface area (Å²) in [5, 5.41) is 13.0. The van der Waals surface area contributed by atoms with Crippen molar-refractivity contribution >= 4 is 11.8 Å². The van der Waals surface area contributed by atoms with Crippen molar-refractivity contribution in [3.05, 3.63) is 41.8 Å². The van der Waals surface area contributed by atoms with E-state index in [0.29, 0.717) is 35.2 Å². The molecule has 1 aromatic carbocycles. The fourth-order valence-corrected chi connectivity index (χ4v) is 2.27. The predicted molar refractivity (Wildman–Crippen MR) is 70.3 cm³/mol. The second kappa shape index (κ2) is 6.68. The third-order valence-electron chi connectivity index (χ3n) is 2.48. The molecule has 0 spiro atoms. The van der Waals surface area contributed by atoms with Crippen molar-refractivity contribution in [1.82, 2.24) is 10.1 Å². The minimum Gasteiger partial charge on any atom is -0.393 e. The van der Waals surface area contributed by atoms with E-state index in [4.69, 9.17) is 9.63 Å². The van der Waals surface area contributed by atoms with E-state index < -0.39 is 0 Å². The van der Waals surface area contributed by atoms with Gasteiger partial charge in [0, 0.05) is 11.3 Å². The summed E-state index contributed by atoms with van der Waals surface area (Å²) < 4.78 is 18.4. The molecule has 2 aromatic rings. The number of thioether (sulfide) groups is 1. The van der Waals surface area contributed by atoms with Crippen LogP contribution in [0.5, 0.6) is 0 Å². The standard InChI is InChI=1S/C13H15FN2O2S/c1-9(17)6-7-13-15-12(16-18-13)8-19-11-5-3-2-4-10(11)14/h2-5,9,17H,6-8H2,1H3. The van der Waals surface area contributed by atoms with Gasteiger partial charge in [-0.1, -0.05) is 17.3 Å². The van der Waals surface area contributed by atoms with Crippen molar-refractivity contribution < 1.29 is 14.0 Å². The third kappa shape index (κ3) is 4.33. The second-order valence-corrected chi connectivity index (χ2v) is 5.23. The number of halogens is 1. The maximum atomic E-state index is 13.4. The fourth-order valence-electron chi connectivity index (χ4n) is 1.49. The van der Waals surface area contributed by atoms with Crippen LogP contribution in [0.25, 0.3) is 0 Å². The molecule has 0 saturated carbocycles. The zero-order chi connectivity index (χ0) is 13.7. The fraction of sp³-hybridized carbons (Fsp3) is 0.385. The SMILES string of the molecule is CC(O)CCc1nc(CSc2ccccc2F)no1. The Morgan fingerprint density at radius 1 is 1.42 bits per heavy atom. The monoisotopic (exact) mass is 282 g/mol. The zero-order valence-electron chi connectivity index (χ0n) is 10.5. The van der Waals surface area contributed by atoms with Gasteiger partial charge in [-0.15, -0.1) is 11.8 Å². The molecule has 0 fully saturated rings. The van der Waals surface area contributed by atoms with Gasteiger partial charge in [0.05, 0.1) is 11.9 Å². The van der Waals surface area contributed by atoms with Crippen LogP contribution >= 0.6 is 11.8 Å². The van der Waals surface area contributed by atoms with Gasteiger partial charge in [0.25, 0.3) is 0 Å². The van der Waals surface area contributed by atoms with E-state index >= 15 is 0 Å². The van der Waals surface area contributed by atoms with Crippen molar-refractivity contribution in [2.24, 2.45) is 0 Å². The Morgan fingerprint density at radius 3 is 2.95 bits per heavy atom. The summed E-state index contributed by atoms with van der Waals surface area (Å²) in [7, 11) is 0. The van der Waals surface area contributed by atoms with E-state index in [-0.39, 0.29) is 11.9 Å². The molecule has 0 amide bonds. The highest BCUT2D eigenvalue weighted by molar-refractivity contribution is 7.98. The maximum absolute atomic E-state index is 13.4. The molecule has 0 aliphatic heterocycles. The molecule has 1 aromatic heterocycles. The maximum Gasteiger partial charge on any atom is 0.226 e. The van der Waals surface area contributed by atoms with Crippen LogP contribution in [0.2, 0.25) is 0 Å². The molecule has 4 nitrogen and oxygen atoms in total. The highest BCUT2D eigenvalue weighted by Crippen LogP contribution is 2.24. The normalized spacial score (nSPS) is 12.6. The summed E-state index contributed by atoms with van der Waals surface area (Å²) in [6, 6.07) is 6.58. The van der Waals surface area contributed by atoms with Crippen LogP contribution in [0.4, 0.5) is 4.39 Å². The first-order chi connectivity index (χ1) is 9.15. The van der Waals surface area contributed by atoms with Crippen molar-refractivity contribution in [3.8, 4) is 0 Å². The Balaban J connectivity index is 1.88. The molecule has 1 heterocycles. The second-order valence-electron chi connectivity index (χ2n) is 4.21. The molecule has 0 bridgehead atoms. The first-order valence-electron chi connectivity index (χ1n) is 6.02. The highest BCUT2D eigenvalue weighted by atomic mass is 32.2. The minimum atomic E-state index is -0.386. The van der Waals surface area contributed by atoms with Gasteiger partial charge < -0.3 is 9.63 Å². The van der Waals surface area contributed by atoms with Gasteiger partial charge in [0.1, 0.15) is 5.82 Å².